The van der Waals surface area contributed by atoms with Crippen molar-refractivity contribution in [2.45, 2.75) is 18.8 Å². The molecule has 1 aromatic rings. The minimum atomic E-state index is -0.923. The van der Waals surface area contributed by atoms with E-state index in [0.29, 0.717) is 5.69 Å². The third-order valence-electron chi connectivity index (χ3n) is 2.18. The minimum absolute atomic E-state index is 0.0827. The second kappa shape index (κ2) is 3.73. The Bertz CT molecular complexity index is 421. The molecule has 0 N–H and O–H groups in total. The van der Waals surface area contributed by atoms with Crippen molar-refractivity contribution in [2.24, 2.45) is 0 Å². The van der Waals surface area contributed by atoms with Gasteiger partial charge in [0.05, 0.1) is 12.8 Å². The molecule has 4 nitrogen and oxygen atoms in total. The number of aromatic nitrogens is 2. The molecule has 1 aliphatic carbocycles. The first-order chi connectivity index (χ1) is 7.13. The van der Waals surface area contributed by atoms with Gasteiger partial charge >= 0.3 is 5.97 Å². The summed E-state index contributed by atoms with van der Waals surface area (Å²) in [7, 11) is 1.14. The highest BCUT2D eigenvalue weighted by molar-refractivity contribution is 6.30. The average Bonchev–Trinajstić information content (AvgIpc) is 3.03. The van der Waals surface area contributed by atoms with Crippen LogP contribution >= 0.6 is 11.6 Å². The van der Waals surface area contributed by atoms with E-state index in [4.69, 9.17) is 11.6 Å². The van der Waals surface area contributed by atoms with Gasteiger partial charge < -0.3 is 4.74 Å². The summed E-state index contributed by atoms with van der Waals surface area (Å²) in [5.74, 6) is -1.61. The molecule has 0 aromatic carbocycles. The molecule has 1 aliphatic rings. The quantitative estimate of drug-likeness (QED) is 0.729. The van der Waals surface area contributed by atoms with Gasteiger partial charge in [-0.3, -0.25) is 0 Å². The number of rotatable bonds is 2. The summed E-state index contributed by atoms with van der Waals surface area (Å²) in [5, 5.41) is 0.0827. The predicted octanol–water partition coefficient (Wildman–Crippen LogP) is 1.93. The van der Waals surface area contributed by atoms with Crippen LogP contribution < -0.4 is 0 Å². The molecule has 0 radical (unpaired) electrons. The Balaban J connectivity index is 2.42. The van der Waals surface area contributed by atoms with Crippen LogP contribution in [-0.4, -0.2) is 23.0 Å². The monoisotopic (exact) mass is 230 g/mol. The number of nitrogens with zero attached hydrogens (tertiary/aromatic N) is 2. The standard InChI is InChI=1S/C9H8ClFN2O2/c1-15-9(14)6-8(11)13-5(4-2-3-4)7(10)12-6/h4H,2-3H2,1H3. The lowest BCUT2D eigenvalue weighted by Gasteiger charge is -2.04. The van der Waals surface area contributed by atoms with Crippen LogP contribution in [0.15, 0.2) is 0 Å². The van der Waals surface area contributed by atoms with Gasteiger partial charge in [0.25, 0.3) is 0 Å². The molecule has 6 heteroatoms. The van der Waals surface area contributed by atoms with Crippen molar-refractivity contribution < 1.29 is 13.9 Å². The number of methoxy groups -OCH3 is 1. The van der Waals surface area contributed by atoms with Crippen molar-refractivity contribution in [1.29, 1.82) is 0 Å². The van der Waals surface area contributed by atoms with Gasteiger partial charge in [-0.05, 0) is 12.8 Å². The molecule has 0 amide bonds. The largest absolute Gasteiger partial charge is 0.464 e. The number of hydrogen-bond donors (Lipinski definition) is 0. The Morgan fingerprint density at radius 2 is 2.20 bits per heavy atom. The maximum atomic E-state index is 13.3. The van der Waals surface area contributed by atoms with Crippen molar-refractivity contribution >= 4 is 17.6 Å². The van der Waals surface area contributed by atoms with E-state index < -0.39 is 17.6 Å². The summed E-state index contributed by atoms with van der Waals surface area (Å²) in [5.41, 5.74) is -0.0336. The zero-order chi connectivity index (χ0) is 11.0. The molecule has 0 atom stereocenters. The van der Waals surface area contributed by atoms with E-state index in [0.717, 1.165) is 20.0 Å². The maximum absolute atomic E-state index is 13.3. The summed E-state index contributed by atoms with van der Waals surface area (Å²) < 4.78 is 17.7. The molecule has 1 aromatic heterocycles. The van der Waals surface area contributed by atoms with Crippen LogP contribution in [0.3, 0.4) is 0 Å². The van der Waals surface area contributed by atoms with E-state index in [1.807, 2.05) is 0 Å². The Hall–Kier alpha value is -1.23. The fourth-order valence-electron chi connectivity index (χ4n) is 1.25. The molecule has 80 valence electrons. The van der Waals surface area contributed by atoms with Crippen LogP contribution in [0, 0.1) is 5.95 Å². The maximum Gasteiger partial charge on any atom is 0.361 e. The van der Waals surface area contributed by atoms with Crippen molar-refractivity contribution in [2.75, 3.05) is 7.11 Å². The molecule has 1 fully saturated rings. The topological polar surface area (TPSA) is 52.1 Å². The van der Waals surface area contributed by atoms with Crippen molar-refractivity contribution in [3.8, 4) is 0 Å². The van der Waals surface area contributed by atoms with Gasteiger partial charge in [-0.2, -0.15) is 4.39 Å². The minimum Gasteiger partial charge on any atom is -0.464 e. The summed E-state index contributed by atoms with van der Waals surface area (Å²) in [6.07, 6.45) is 1.87. The van der Waals surface area contributed by atoms with Gasteiger partial charge in [-0.1, -0.05) is 11.6 Å². The number of ether oxygens (including phenoxy) is 1. The molecule has 0 unspecified atom stereocenters. The van der Waals surface area contributed by atoms with Crippen LogP contribution in [0.5, 0.6) is 0 Å². The number of carbonyl (C=O) groups excluding carboxylic acids is 1. The lowest BCUT2D eigenvalue weighted by Crippen LogP contribution is -2.11. The highest BCUT2D eigenvalue weighted by Crippen LogP contribution is 2.41. The average molecular weight is 231 g/mol. The van der Waals surface area contributed by atoms with Crippen LogP contribution in [0.4, 0.5) is 4.39 Å². The molecule has 1 saturated carbocycles. The smallest absolute Gasteiger partial charge is 0.361 e. The second-order valence-corrected chi connectivity index (χ2v) is 3.66. The summed E-state index contributed by atoms with van der Waals surface area (Å²) >= 11 is 5.79. The third-order valence-corrected chi connectivity index (χ3v) is 2.46. The predicted molar refractivity (Wildman–Crippen MR) is 50.3 cm³/mol. The number of carbonyl (C=O) groups is 1. The van der Waals surface area contributed by atoms with Crippen LogP contribution in [0.25, 0.3) is 0 Å². The number of esters is 1. The first kappa shape index (κ1) is 10.3. The van der Waals surface area contributed by atoms with Gasteiger partial charge in [-0.15, -0.1) is 0 Å². The molecule has 0 spiro atoms. The molecule has 15 heavy (non-hydrogen) atoms. The SMILES string of the molecule is COC(=O)c1nc(Cl)c(C2CC2)nc1F. The molecular formula is C9H8ClFN2O2. The van der Waals surface area contributed by atoms with E-state index in [1.54, 1.807) is 0 Å². The van der Waals surface area contributed by atoms with Crippen LogP contribution in [-0.2, 0) is 4.74 Å². The molecule has 0 aliphatic heterocycles. The summed E-state index contributed by atoms with van der Waals surface area (Å²) in [4.78, 5) is 18.4. The van der Waals surface area contributed by atoms with Crippen LogP contribution in [0.1, 0.15) is 34.9 Å². The Morgan fingerprint density at radius 1 is 1.53 bits per heavy atom. The highest BCUT2D eigenvalue weighted by Gasteiger charge is 2.30. The number of halogens is 2. The van der Waals surface area contributed by atoms with Gasteiger partial charge in [0.1, 0.15) is 0 Å². The lowest BCUT2D eigenvalue weighted by molar-refractivity contribution is 0.0586. The Kier molecular flexibility index (Phi) is 2.56. The van der Waals surface area contributed by atoms with E-state index in [9.17, 15) is 9.18 Å². The normalized spacial score (nSPS) is 15.1. The number of hydrogen-bond acceptors (Lipinski definition) is 4. The zero-order valence-corrected chi connectivity index (χ0v) is 8.71. The zero-order valence-electron chi connectivity index (χ0n) is 7.96. The van der Waals surface area contributed by atoms with E-state index in [1.165, 1.54) is 0 Å². The van der Waals surface area contributed by atoms with Crippen molar-refractivity contribution in [3.63, 3.8) is 0 Å². The van der Waals surface area contributed by atoms with Gasteiger partial charge in [0.2, 0.25) is 11.6 Å². The molecule has 0 saturated heterocycles. The lowest BCUT2D eigenvalue weighted by atomic mass is 10.3. The van der Waals surface area contributed by atoms with Gasteiger partial charge in [0, 0.05) is 5.92 Å². The van der Waals surface area contributed by atoms with E-state index in [2.05, 4.69) is 14.7 Å². The Morgan fingerprint density at radius 3 is 2.73 bits per heavy atom. The van der Waals surface area contributed by atoms with Gasteiger partial charge in [0.15, 0.2) is 5.15 Å². The molecule has 1 heterocycles. The highest BCUT2D eigenvalue weighted by atomic mass is 35.5. The Labute approximate surface area is 90.4 Å². The van der Waals surface area contributed by atoms with Gasteiger partial charge in [-0.25, -0.2) is 14.8 Å². The third kappa shape index (κ3) is 1.92. The summed E-state index contributed by atoms with van der Waals surface area (Å²) in [6, 6.07) is 0. The second-order valence-electron chi connectivity index (χ2n) is 3.30. The fourth-order valence-corrected chi connectivity index (χ4v) is 1.53. The van der Waals surface area contributed by atoms with Crippen molar-refractivity contribution in [1.82, 2.24) is 9.97 Å². The summed E-state index contributed by atoms with van der Waals surface area (Å²) in [6.45, 7) is 0. The van der Waals surface area contributed by atoms with Crippen molar-refractivity contribution in [3.05, 3.63) is 22.5 Å². The molecule has 2 rings (SSSR count). The first-order valence-electron chi connectivity index (χ1n) is 4.44. The molecular weight excluding hydrogens is 223 g/mol. The fraction of sp³-hybridized carbons (Fsp3) is 0.444. The van der Waals surface area contributed by atoms with Crippen LogP contribution in [0.2, 0.25) is 5.15 Å². The first-order valence-corrected chi connectivity index (χ1v) is 4.82. The molecule has 0 bridgehead atoms. The van der Waals surface area contributed by atoms with E-state index in [-0.39, 0.29) is 11.1 Å². The van der Waals surface area contributed by atoms with E-state index >= 15 is 0 Å².